The van der Waals surface area contributed by atoms with Gasteiger partial charge in [-0.1, -0.05) is 19.8 Å². The number of aliphatic hydroxyl groups excluding tert-OH is 1. The Kier molecular flexibility index (Phi) is 10.9. The van der Waals surface area contributed by atoms with Crippen molar-refractivity contribution in [3.63, 3.8) is 0 Å². The van der Waals surface area contributed by atoms with Crippen LogP contribution in [0.3, 0.4) is 0 Å². The molecule has 0 saturated heterocycles. The summed E-state index contributed by atoms with van der Waals surface area (Å²) in [7, 11) is 0. The van der Waals surface area contributed by atoms with Crippen molar-refractivity contribution in [2.45, 2.75) is 68.6 Å². The van der Waals surface area contributed by atoms with E-state index in [1.54, 1.807) is 0 Å². The van der Waals surface area contributed by atoms with E-state index in [9.17, 15) is 61.5 Å². The van der Waals surface area contributed by atoms with Crippen molar-refractivity contribution >= 4 is 0 Å². The van der Waals surface area contributed by atoms with E-state index in [0.717, 1.165) is 6.92 Å². The lowest BCUT2D eigenvalue weighted by Gasteiger charge is -2.37. The van der Waals surface area contributed by atoms with Gasteiger partial charge in [-0.3, -0.25) is 0 Å². The van der Waals surface area contributed by atoms with Crippen LogP contribution in [0.2, 0.25) is 0 Å². The van der Waals surface area contributed by atoms with E-state index in [1.165, 1.54) is 0 Å². The van der Waals surface area contributed by atoms with E-state index in [2.05, 4.69) is 0 Å². The topological polar surface area (TPSA) is 46.2 Å². The van der Waals surface area contributed by atoms with Crippen molar-refractivity contribution in [3.8, 4) is 0 Å². The summed E-state index contributed by atoms with van der Waals surface area (Å²) in [6, 6.07) is 0. The normalized spacial score (nSPS) is 14.6. The van der Waals surface area contributed by atoms with Gasteiger partial charge in [-0.15, -0.1) is 0 Å². The molecule has 0 aromatic heterocycles. The Morgan fingerprint density at radius 1 is 0.633 bits per heavy atom. The maximum Gasteiger partial charge on any atom is 0.431 e. The van der Waals surface area contributed by atoms with Crippen LogP contribution >= 0.6 is 0 Å². The second-order valence-electron chi connectivity index (χ2n) is 6.17. The van der Waals surface area contributed by atoms with Gasteiger partial charge in [-0.2, -0.15) is 52.7 Å². The molecule has 0 aromatic carbocycles. The number of nitrogens with two attached hydrogens (primary N) is 1. The summed E-state index contributed by atoms with van der Waals surface area (Å²) < 4.78 is 177. The smallest absolute Gasteiger partial charge is 0.395 e. The fraction of sp³-hybridized carbons (Fsp3) is 1.00. The molecule has 0 aliphatic heterocycles. The molecule has 0 aliphatic carbocycles. The Balaban J connectivity index is 0. The van der Waals surface area contributed by atoms with Crippen LogP contribution in [0.15, 0.2) is 0 Å². The largest absolute Gasteiger partial charge is 0.431 e. The van der Waals surface area contributed by atoms with Crippen molar-refractivity contribution in [1.82, 2.24) is 0 Å². The number of alkyl halides is 14. The second-order valence-corrected chi connectivity index (χ2v) is 6.17. The van der Waals surface area contributed by atoms with Crippen molar-refractivity contribution < 1.29 is 66.6 Å². The molecule has 0 atom stereocenters. The number of hydrogen-bond donors (Lipinski definition) is 2. The molecule has 16 heteroatoms. The third kappa shape index (κ3) is 7.57. The third-order valence-electron chi connectivity index (χ3n) is 3.76. The lowest BCUT2D eigenvalue weighted by molar-refractivity contribution is -0.356. The lowest BCUT2D eigenvalue weighted by atomic mass is 9.80. The highest BCUT2D eigenvalue weighted by molar-refractivity contribution is 5.00. The minimum Gasteiger partial charge on any atom is -0.395 e. The number of hydrogen-bond acceptors (Lipinski definition) is 2. The highest BCUT2D eigenvalue weighted by atomic mass is 19.4. The maximum absolute atomic E-state index is 13.6. The summed E-state index contributed by atoms with van der Waals surface area (Å²) >= 11 is 0. The average molecular weight is 483 g/mol. The SMILES string of the molecule is CCCC(CC(F)(C(F)(F)F)C(F)(F)F)CC(F)(C(F)(F)F)C(F)(F)F.NCCO. The van der Waals surface area contributed by atoms with Crippen molar-refractivity contribution in [1.29, 1.82) is 0 Å². The van der Waals surface area contributed by atoms with Crippen LogP contribution in [0.1, 0.15) is 32.6 Å². The van der Waals surface area contributed by atoms with Crippen LogP contribution in [0.4, 0.5) is 61.5 Å². The Bertz CT molecular complexity index is 423. The fourth-order valence-corrected chi connectivity index (χ4v) is 2.26. The van der Waals surface area contributed by atoms with E-state index >= 15 is 0 Å². The molecule has 0 unspecified atom stereocenters. The third-order valence-corrected chi connectivity index (χ3v) is 3.76. The summed E-state index contributed by atoms with van der Waals surface area (Å²) in [5, 5.41) is 7.75. The van der Waals surface area contributed by atoms with Gasteiger partial charge in [0.05, 0.1) is 6.61 Å². The van der Waals surface area contributed by atoms with Gasteiger partial charge in [0.15, 0.2) is 0 Å². The number of halogens is 14. The second kappa shape index (κ2) is 10.5. The van der Waals surface area contributed by atoms with E-state index in [1.807, 2.05) is 0 Å². The molecule has 0 rings (SSSR count). The summed E-state index contributed by atoms with van der Waals surface area (Å²) in [4.78, 5) is 0. The highest BCUT2D eigenvalue weighted by Gasteiger charge is 2.75. The zero-order valence-corrected chi connectivity index (χ0v) is 15.1. The predicted molar refractivity (Wildman–Crippen MR) is 75.7 cm³/mol. The van der Waals surface area contributed by atoms with E-state index < -0.39 is 67.6 Å². The first-order chi connectivity index (χ1) is 13.1. The van der Waals surface area contributed by atoms with Crippen LogP contribution < -0.4 is 5.73 Å². The molecule has 0 saturated carbocycles. The first-order valence-corrected chi connectivity index (χ1v) is 8.01. The summed E-state index contributed by atoms with van der Waals surface area (Å²) in [6.07, 6.45) is -34.0. The minimum absolute atomic E-state index is 0.0972. The zero-order chi connectivity index (χ0) is 24.8. The predicted octanol–water partition coefficient (Wildman–Crippen LogP) is 5.79. The van der Waals surface area contributed by atoms with Gasteiger partial charge in [0, 0.05) is 19.4 Å². The van der Waals surface area contributed by atoms with E-state index in [4.69, 9.17) is 10.8 Å². The first-order valence-electron chi connectivity index (χ1n) is 8.01. The lowest BCUT2D eigenvalue weighted by Crippen LogP contribution is -2.57. The zero-order valence-electron chi connectivity index (χ0n) is 15.1. The quantitative estimate of drug-likeness (QED) is 0.451. The van der Waals surface area contributed by atoms with E-state index in [0.29, 0.717) is 6.54 Å². The molecular weight excluding hydrogens is 464 g/mol. The molecular formula is C14H19F14NO. The molecule has 3 N–H and O–H groups in total. The van der Waals surface area contributed by atoms with Crippen LogP contribution in [-0.2, 0) is 0 Å². The van der Waals surface area contributed by atoms with Crippen LogP contribution in [0.5, 0.6) is 0 Å². The monoisotopic (exact) mass is 483 g/mol. The van der Waals surface area contributed by atoms with Crippen molar-refractivity contribution in [2.24, 2.45) is 11.7 Å². The fourth-order valence-electron chi connectivity index (χ4n) is 2.26. The van der Waals surface area contributed by atoms with Gasteiger partial charge >= 0.3 is 24.7 Å². The Hall–Kier alpha value is -1.06. The molecule has 2 nitrogen and oxygen atoms in total. The van der Waals surface area contributed by atoms with Gasteiger partial charge in [0.25, 0.3) is 11.3 Å². The number of rotatable bonds is 7. The summed E-state index contributed by atoms with van der Waals surface area (Å²) in [5.41, 5.74) is -7.39. The van der Waals surface area contributed by atoms with Gasteiger partial charge < -0.3 is 10.8 Å². The Labute approximate surface area is 161 Å². The molecule has 0 bridgehead atoms. The van der Waals surface area contributed by atoms with Gasteiger partial charge in [-0.25, -0.2) is 8.78 Å². The maximum atomic E-state index is 13.6. The molecule has 0 amide bonds. The molecule has 0 heterocycles. The standard InChI is InChI=1S/C12H12F14.C2H7NO/c1-2-3-6(4-7(13,9(15,16)17)10(18,19)20)5-8(14,11(21,22)23)12(24,25)26;3-1-2-4/h6H,2-5H2,1H3;4H,1-3H2. The van der Waals surface area contributed by atoms with Gasteiger partial charge in [-0.05, 0) is 5.92 Å². The van der Waals surface area contributed by atoms with Gasteiger partial charge in [0.1, 0.15) is 0 Å². The number of aliphatic hydroxyl groups is 1. The van der Waals surface area contributed by atoms with Crippen LogP contribution in [-0.4, -0.2) is 54.3 Å². The summed E-state index contributed by atoms with van der Waals surface area (Å²) in [5.74, 6) is -2.85. The molecule has 184 valence electrons. The Morgan fingerprint density at radius 3 is 1.00 bits per heavy atom. The van der Waals surface area contributed by atoms with E-state index in [-0.39, 0.29) is 6.61 Å². The molecule has 0 radical (unpaired) electrons. The average Bonchev–Trinajstić information content (AvgIpc) is 2.50. The highest BCUT2D eigenvalue weighted by Crippen LogP contribution is 2.54. The Morgan fingerprint density at radius 2 is 0.867 bits per heavy atom. The van der Waals surface area contributed by atoms with Crippen molar-refractivity contribution in [2.75, 3.05) is 13.2 Å². The molecule has 0 aliphatic rings. The van der Waals surface area contributed by atoms with Gasteiger partial charge in [0.2, 0.25) is 0 Å². The molecule has 0 aromatic rings. The van der Waals surface area contributed by atoms with Crippen LogP contribution in [0, 0.1) is 5.92 Å². The molecule has 0 fully saturated rings. The van der Waals surface area contributed by atoms with Crippen LogP contribution in [0.25, 0.3) is 0 Å². The molecule has 30 heavy (non-hydrogen) atoms. The molecule has 0 spiro atoms. The summed E-state index contributed by atoms with van der Waals surface area (Å²) in [6.45, 7) is 1.47. The minimum atomic E-state index is -6.67. The van der Waals surface area contributed by atoms with Crippen molar-refractivity contribution in [3.05, 3.63) is 0 Å². The first kappa shape index (κ1) is 31.1.